The van der Waals surface area contributed by atoms with Crippen molar-refractivity contribution in [1.29, 1.82) is 0 Å². The lowest BCUT2D eigenvalue weighted by molar-refractivity contribution is 0.173. The first kappa shape index (κ1) is 22.2. The van der Waals surface area contributed by atoms with Crippen LogP contribution in [0.4, 0.5) is 0 Å². The number of rotatable bonds is 12. The van der Waals surface area contributed by atoms with Gasteiger partial charge in [0, 0.05) is 45.3 Å². The van der Waals surface area contributed by atoms with Gasteiger partial charge in [-0.15, -0.1) is 0 Å². The van der Waals surface area contributed by atoms with Crippen molar-refractivity contribution in [2.24, 2.45) is 4.99 Å². The number of hydrogen-bond donors (Lipinski definition) is 2. The van der Waals surface area contributed by atoms with E-state index in [1.165, 1.54) is 13.0 Å². The zero-order chi connectivity index (χ0) is 17.7. The van der Waals surface area contributed by atoms with E-state index in [0.29, 0.717) is 12.1 Å². The van der Waals surface area contributed by atoms with Crippen LogP contribution in [-0.4, -0.2) is 74.2 Å². The number of guanidine groups is 1. The lowest BCUT2D eigenvalue weighted by Gasteiger charge is -2.30. The highest BCUT2D eigenvalue weighted by molar-refractivity contribution is 5.79. The minimum atomic E-state index is 0.603. The summed E-state index contributed by atoms with van der Waals surface area (Å²) in [4.78, 5) is 9.30. The van der Waals surface area contributed by atoms with E-state index >= 15 is 0 Å². The molecule has 0 aromatic carbocycles. The van der Waals surface area contributed by atoms with Gasteiger partial charge in [-0.1, -0.05) is 13.8 Å². The Balaban J connectivity index is 3.94. The molecule has 0 aliphatic heterocycles. The quantitative estimate of drug-likeness (QED) is 0.328. The van der Waals surface area contributed by atoms with E-state index in [2.05, 4.69) is 67.0 Å². The second kappa shape index (κ2) is 13.6. The second-order valence-electron chi connectivity index (χ2n) is 6.64. The van der Waals surface area contributed by atoms with Gasteiger partial charge in [0.15, 0.2) is 5.96 Å². The largest absolute Gasteiger partial charge is 0.356 e. The fourth-order valence-electron chi connectivity index (χ4n) is 2.88. The Labute approximate surface area is 144 Å². The molecule has 0 saturated carbocycles. The second-order valence-corrected chi connectivity index (χ2v) is 6.64. The molecule has 0 spiro atoms. The summed E-state index contributed by atoms with van der Waals surface area (Å²) >= 11 is 0. The van der Waals surface area contributed by atoms with Gasteiger partial charge in [0.2, 0.25) is 0 Å². The average molecular weight is 328 g/mol. The molecule has 0 amide bonds. The average Bonchev–Trinajstić information content (AvgIpc) is 2.51. The molecule has 5 nitrogen and oxygen atoms in total. The van der Waals surface area contributed by atoms with Gasteiger partial charge < -0.3 is 15.5 Å². The minimum Gasteiger partial charge on any atom is -0.356 e. The number of nitrogens with zero attached hydrogens (tertiary/aromatic N) is 3. The summed E-state index contributed by atoms with van der Waals surface area (Å²) < 4.78 is 0. The predicted molar refractivity (Wildman–Crippen MR) is 103 cm³/mol. The highest BCUT2D eigenvalue weighted by Crippen LogP contribution is 2.05. The maximum absolute atomic E-state index is 4.31. The van der Waals surface area contributed by atoms with E-state index in [-0.39, 0.29) is 0 Å². The molecule has 0 unspecified atom stereocenters. The Morgan fingerprint density at radius 3 is 2.00 bits per heavy atom. The number of nitrogens with one attached hydrogen (secondary N) is 2. The molecule has 0 aromatic heterocycles. The van der Waals surface area contributed by atoms with Crippen LogP contribution in [0.5, 0.6) is 0 Å². The number of hydrogen-bond acceptors (Lipinski definition) is 3. The van der Waals surface area contributed by atoms with E-state index in [4.69, 9.17) is 0 Å². The third-order valence-electron chi connectivity index (χ3n) is 4.14. The highest BCUT2D eigenvalue weighted by Gasteiger charge is 2.12. The molecule has 23 heavy (non-hydrogen) atoms. The van der Waals surface area contributed by atoms with Crippen molar-refractivity contribution in [2.45, 2.75) is 66.5 Å². The Bertz CT molecular complexity index is 294. The molecular formula is C18H41N5. The standard InChI is InChI=1S/C18H41N5/c1-8-13-22(9-2)15-12-21-18(19-7)20-11-10-14-23(16(3)4)17(5)6/h16-17H,8-15H2,1-7H3,(H2,19,20,21). The molecule has 0 fully saturated rings. The molecule has 138 valence electrons. The van der Waals surface area contributed by atoms with Crippen molar-refractivity contribution in [3.8, 4) is 0 Å². The van der Waals surface area contributed by atoms with Gasteiger partial charge in [-0.3, -0.25) is 9.89 Å². The van der Waals surface area contributed by atoms with Crippen LogP contribution in [0.2, 0.25) is 0 Å². The summed E-state index contributed by atoms with van der Waals surface area (Å²) in [6.07, 6.45) is 2.34. The minimum absolute atomic E-state index is 0.603. The molecule has 0 bridgehead atoms. The zero-order valence-electron chi connectivity index (χ0n) is 16.7. The third kappa shape index (κ3) is 10.6. The van der Waals surface area contributed by atoms with Gasteiger partial charge in [-0.2, -0.15) is 0 Å². The topological polar surface area (TPSA) is 42.9 Å². The molecular weight excluding hydrogens is 286 g/mol. The van der Waals surface area contributed by atoms with Gasteiger partial charge in [-0.25, -0.2) is 0 Å². The molecule has 5 heteroatoms. The maximum Gasteiger partial charge on any atom is 0.191 e. The molecule has 0 rings (SSSR count). The van der Waals surface area contributed by atoms with Crippen molar-refractivity contribution in [3.63, 3.8) is 0 Å². The maximum atomic E-state index is 4.31. The summed E-state index contributed by atoms with van der Waals surface area (Å²) in [5.41, 5.74) is 0. The van der Waals surface area contributed by atoms with E-state index < -0.39 is 0 Å². The predicted octanol–water partition coefficient (Wildman–Crippen LogP) is 2.39. The fraction of sp³-hybridized carbons (Fsp3) is 0.944. The van der Waals surface area contributed by atoms with Crippen molar-refractivity contribution < 1.29 is 0 Å². The SMILES string of the molecule is CCCN(CC)CCNC(=NC)NCCCN(C(C)C)C(C)C. The summed E-state index contributed by atoms with van der Waals surface area (Å²) in [5.74, 6) is 0.915. The molecule has 0 aliphatic rings. The Hall–Kier alpha value is -0.810. The van der Waals surface area contributed by atoms with Crippen LogP contribution in [0.15, 0.2) is 4.99 Å². The van der Waals surface area contributed by atoms with E-state index in [1.54, 1.807) is 0 Å². The smallest absolute Gasteiger partial charge is 0.191 e. The van der Waals surface area contributed by atoms with E-state index in [1.807, 2.05) is 7.05 Å². The van der Waals surface area contributed by atoms with E-state index in [9.17, 15) is 0 Å². The Kier molecular flexibility index (Phi) is 13.1. The normalized spacial score (nSPS) is 12.7. The molecule has 0 atom stereocenters. The number of aliphatic imine (C=N–C) groups is 1. The molecule has 0 saturated heterocycles. The zero-order valence-corrected chi connectivity index (χ0v) is 16.7. The van der Waals surface area contributed by atoms with Crippen LogP contribution in [0.25, 0.3) is 0 Å². The molecule has 0 radical (unpaired) electrons. The van der Waals surface area contributed by atoms with Gasteiger partial charge in [0.25, 0.3) is 0 Å². The van der Waals surface area contributed by atoms with Gasteiger partial charge in [-0.05, 0) is 53.6 Å². The van der Waals surface area contributed by atoms with Crippen molar-refractivity contribution in [3.05, 3.63) is 0 Å². The first-order valence-corrected chi connectivity index (χ1v) is 9.38. The summed E-state index contributed by atoms with van der Waals surface area (Å²) in [6.45, 7) is 19.9. The van der Waals surface area contributed by atoms with Crippen LogP contribution < -0.4 is 10.6 Å². The van der Waals surface area contributed by atoms with Crippen molar-refractivity contribution >= 4 is 5.96 Å². The van der Waals surface area contributed by atoms with E-state index in [0.717, 1.165) is 45.1 Å². The van der Waals surface area contributed by atoms with Crippen molar-refractivity contribution in [1.82, 2.24) is 20.4 Å². The third-order valence-corrected chi connectivity index (χ3v) is 4.14. The van der Waals surface area contributed by atoms with Crippen LogP contribution >= 0.6 is 0 Å². The van der Waals surface area contributed by atoms with Crippen LogP contribution in [0, 0.1) is 0 Å². The molecule has 0 heterocycles. The highest BCUT2D eigenvalue weighted by atomic mass is 15.2. The Morgan fingerprint density at radius 2 is 1.52 bits per heavy atom. The fourth-order valence-corrected chi connectivity index (χ4v) is 2.88. The van der Waals surface area contributed by atoms with Crippen LogP contribution in [-0.2, 0) is 0 Å². The Morgan fingerprint density at radius 1 is 0.913 bits per heavy atom. The van der Waals surface area contributed by atoms with Gasteiger partial charge >= 0.3 is 0 Å². The number of likely N-dealkylation sites (N-methyl/N-ethyl adjacent to an activating group) is 1. The lowest BCUT2D eigenvalue weighted by Crippen LogP contribution is -2.43. The monoisotopic (exact) mass is 327 g/mol. The summed E-state index contributed by atoms with van der Waals surface area (Å²) in [6, 6.07) is 1.21. The van der Waals surface area contributed by atoms with Gasteiger partial charge in [0.05, 0.1) is 0 Å². The summed E-state index contributed by atoms with van der Waals surface area (Å²) in [5, 5.41) is 6.83. The lowest BCUT2D eigenvalue weighted by atomic mass is 10.2. The van der Waals surface area contributed by atoms with Crippen molar-refractivity contribution in [2.75, 3.05) is 46.3 Å². The van der Waals surface area contributed by atoms with Crippen LogP contribution in [0.3, 0.4) is 0 Å². The molecule has 2 N–H and O–H groups in total. The summed E-state index contributed by atoms with van der Waals surface area (Å²) in [7, 11) is 1.84. The van der Waals surface area contributed by atoms with Gasteiger partial charge in [0.1, 0.15) is 0 Å². The molecule has 0 aliphatic carbocycles. The first-order valence-electron chi connectivity index (χ1n) is 9.38. The molecule has 0 aromatic rings. The first-order chi connectivity index (χ1) is 11.0. The van der Waals surface area contributed by atoms with Crippen LogP contribution in [0.1, 0.15) is 54.4 Å².